The van der Waals surface area contributed by atoms with Gasteiger partial charge >= 0.3 is 0 Å². The van der Waals surface area contributed by atoms with Gasteiger partial charge in [-0.1, -0.05) is 28.1 Å². The van der Waals surface area contributed by atoms with Gasteiger partial charge in [0.25, 0.3) is 0 Å². The van der Waals surface area contributed by atoms with Gasteiger partial charge in [-0.05, 0) is 51.4 Å². The zero-order chi connectivity index (χ0) is 12.2. The zero-order valence-electron chi connectivity index (χ0n) is 10.1. The summed E-state index contributed by atoms with van der Waals surface area (Å²) < 4.78 is 1.10. The van der Waals surface area contributed by atoms with E-state index in [4.69, 9.17) is 0 Å². The van der Waals surface area contributed by atoms with Gasteiger partial charge in [0.2, 0.25) is 0 Å². The van der Waals surface area contributed by atoms with Crippen LogP contribution in [0.25, 0.3) is 0 Å². The van der Waals surface area contributed by atoms with Gasteiger partial charge in [0.15, 0.2) is 0 Å². The molecule has 0 bridgehead atoms. The summed E-state index contributed by atoms with van der Waals surface area (Å²) in [7, 11) is 0. The maximum atomic E-state index is 9.59. The molecule has 0 fully saturated rings. The monoisotopic (exact) mass is 285 g/mol. The lowest BCUT2D eigenvalue weighted by Crippen LogP contribution is -2.28. The van der Waals surface area contributed by atoms with Crippen LogP contribution in [0.1, 0.15) is 38.8 Å². The Kier molecular flexibility index (Phi) is 4.96. The Hall–Kier alpha value is -0.380. The topological polar surface area (TPSA) is 32.3 Å². The van der Waals surface area contributed by atoms with Gasteiger partial charge in [0.1, 0.15) is 0 Å². The summed E-state index contributed by atoms with van der Waals surface area (Å²) in [6.07, 6.45) is 0.758. The van der Waals surface area contributed by atoms with Crippen molar-refractivity contribution in [1.82, 2.24) is 5.32 Å². The maximum Gasteiger partial charge on any atom is 0.0603 e. The summed E-state index contributed by atoms with van der Waals surface area (Å²) in [4.78, 5) is 0. The van der Waals surface area contributed by atoms with Gasteiger partial charge in [0, 0.05) is 10.5 Å². The van der Waals surface area contributed by atoms with Crippen molar-refractivity contribution in [3.05, 3.63) is 34.3 Å². The molecular formula is C13H20BrNO. The van der Waals surface area contributed by atoms with Crippen LogP contribution in [0, 0.1) is 0 Å². The number of hydrogen-bond acceptors (Lipinski definition) is 2. The summed E-state index contributed by atoms with van der Waals surface area (Å²) in [5.74, 6) is 0. The van der Waals surface area contributed by atoms with E-state index in [-0.39, 0.29) is 0 Å². The minimum Gasteiger partial charge on any atom is -0.390 e. The third-order valence-corrected chi connectivity index (χ3v) is 3.09. The smallest absolute Gasteiger partial charge is 0.0603 e. The fourth-order valence-corrected chi connectivity index (χ4v) is 1.73. The fraction of sp³-hybridized carbons (Fsp3) is 0.538. The molecular weight excluding hydrogens is 266 g/mol. The molecule has 2 N–H and O–H groups in total. The van der Waals surface area contributed by atoms with Crippen molar-refractivity contribution >= 4 is 15.9 Å². The van der Waals surface area contributed by atoms with Crippen molar-refractivity contribution in [1.29, 1.82) is 0 Å². The molecule has 0 radical (unpaired) electrons. The number of benzene rings is 1. The minimum atomic E-state index is -0.591. The summed E-state index contributed by atoms with van der Waals surface area (Å²) in [5, 5.41) is 13.0. The first kappa shape index (κ1) is 13.7. The van der Waals surface area contributed by atoms with E-state index in [0.29, 0.717) is 6.04 Å². The maximum absolute atomic E-state index is 9.59. The minimum absolute atomic E-state index is 0.315. The predicted octanol–water partition coefficient (Wildman–Crippen LogP) is 3.26. The van der Waals surface area contributed by atoms with E-state index in [9.17, 15) is 5.11 Å². The first-order chi connectivity index (χ1) is 7.38. The second-order valence-electron chi connectivity index (χ2n) is 4.79. The van der Waals surface area contributed by atoms with Crippen molar-refractivity contribution in [3.8, 4) is 0 Å². The van der Waals surface area contributed by atoms with E-state index >= 15 is 0 Å². The molecule has 0 aliphatic carbocycles. The van der Waals surface area contributed by atoms with E-state index in [1.807, 2.05) is 26.0 Å². The average Bonchev–Trinajstić information content (AvgIpc) is 2.16. The fourth-order valence-electron chi connectivity index (χ4n) is 1.46. The van der Waals surface area contributed by atoms with E-state index in [1.165, 1.54) is 5.56 Å². The Labute approximate surface area is 106 Å². The number of rotatable bonds is 5. The van der Waals surface area contributed by atoms with Crippen molar-refractivity contribution in [2.75, 3.05) is 6.54 Å². The normalized spacial score (nSPS) is 13.8. The lowest BCUT2D eigenvalue weighted by atomic mass is 10.0. The van der Waals surface area contributed by atoms with Gasteiger partial charge in [-0.3, -0.25) is 0 Å². The molecule has 0 saturated heterocycles. The molecule has 1 atom stereocenters. The van der Waals surface area contributed by atoms with E-state index in [1.54, 1.807) is 0 Å². The van der Waals surface area contributed by atoms with Crippen molar-refractivity contribution in [3.63, 3.8) is 0 Å². The molecule has 1 aromatic rings. The highest BCUT2D eigenvalue weighted by Crippen LogP contribution is 2.16. The van der Waals surface area contributed by atoms with Gasteiger partial charge in [-0.25, -0.2) is 0 Å². The molecule has 0 unspecified atom stereocenters. The van der Waals surface area contributed by atoms with Crippen LogP contribution in [0.2, 0.25) is 0 Å². The number of nitrogens with one attached hydrogen (secondary N) is 1. The Balaban J connectivity index is 2.41. The van der Waals surface area contributed by atoms with Gasteiger partial charge < -0.3 is 10.4 Å². The second-order valence-corrected chi connectivity index (χ2v) is 5.71. The molecule has 0 heterocycles. The molecule has 0 aliphatic heterocycles. The van der Waals surface area contributed by atoms with Crippen LogP contribution in [-0.2, 0) is 0 Å². The highest BCUT2D eigenvalue weighted by molar-refractivity contribution is 9.10. The number of aliphatic hydroxyl groups is 1. The van der Waals surface area contributed by atoms with E-state index in [2.05, 4.69) is 40.3 Å². The SMILES string of the molecule is C[C@H](NCCC(C)(C)O)c1ccc(Br)cc1. The first-order valence-electron chi connectivity index (χ1n) is 5.60. The molecule has 0 amide bonds. The molecule has 90 valence electrons. The van der Waals surface area contributed by atoms with Crippen LogP contribution in [0.15, 0.2) is 28.7 Å². The lowest BCUT2D eigenvalue weighted by molar-refractivity contribution is 0.0705. The summed E-state index contributed by atoms with van der Waals surface area (Å²) in [5.41, 5.74) is 0.672. The van der Waals surface area contributed by atoms with Crippen molar-refractivity contribution in [2.45, 2.75) is 38.8 Å². The van der Waals surface area contributed by atoms with Crippen LogP contribution >= 0.6 is 15.9 Å². The third kappa shape index (κ3) is 5.10. The molecule has 16 heavy (non-hydrogen) atoms. The van der Waals surface area contributed by atoms with Crippen LogP contribution in [-0.4, -0.2) is 17.3 Å². The van der Waals surface area contributed by atoms with E-state index < -0.39 is 5.60 Å². The Morgan fingerprint density at radius 3 is 2.38 bits per heavy atom. The van der Waals surface area contributed by atoms with Crippen LogP contribution in [0.3, 0.4) is 0 Å². The zero-order valence-corrected chi connectivity index (χ0v) is 11.7. The Morgan fingerprint density at radius 1 is 1.31 bits per heavy atom. The molecule has 0 saturated carbocycles. The van der Waals surface area contributed by atoms with E-state index in [0.717, 1.165) is 17.4 Å². The average molecular weight is 286 g/mol. The molecule has 0 aromatic heterocycles. The van der Waals surface area contributed by atoms with Crippen molar-refractivity contribution in [2.24, 2.45) is 0 Å². The molecule has 0 aliphatic rings. The molecule has 0 spiro atoms. The third-order valence-electron chi connectivity index (χ3n) is 2.56. The summed E-state index contributed by atoms with van der Waals surface area (Å²) in [6, 6.07) is 8.61. The molecule has 1 aromatic carbocycles. The highest BCUT2D eigenvalue weighted by atomic mass is 79.9. The van der Waals surface area contributed by atoms with Gasteiger partial charge in [0.05, 0.1) is 5.60 Å². The number of halogens is 1. The largest absolute Gasteiger partial charge is 0.390 e. The first-order valence-corrected chi connectivity index (χ1v) is 6.39. The number of hydrogen-bond donors (Lipinski definition) is 2. The predicted molar refractivity (Wildman–Crippen MR) is 71.5 cm³/mol. The molecule has 2 nitrogen and oxygen atoms in total. The standard InChI is InChI=1S/C13H20BrNO/c1-10(15-9-8-13(2,3)16)11-4-6-12(14)7-5-11/h4-7,10,15-16H,8-9H2,1-3H3/t10-/m0/s1. The van der Waals surface area contributed by atoms with Crippen LogP contribution in [0.5, 0.6) is 0 Å². The molecule has 3 heteroatoms. The Bertz CT molecular complexity index is 316. The van der Waals surface area contributed by atoms with Crippen molar-refractivity contribution < 1.29 is 5.11 Å². The Morgan fingerprint density at radius 2 is 1.88 bits per heavy atom. The summed E-state index contributed by atoms with van der Waals surface area (Å²) >= 11 is 3.42. The van der Waals surface area contributed by atoms with Gasteiger partial charge in [-0.2, -0.15) is 0 Å². The highest BCUT2D eigenvalue weighted by Gasteiger charge is 2.12. The lowest BCUT2D eigenvalue weighted by Gasteiger charge is -2.20. The van der Waals surface area contributed by atoms with Gasteiger partial charge in [-0.15, -0.1) is 0 Å². The van der Waals surface area contributed by atoms with Crippen LogP contribution in [0.4, 0.5) is 0 Å². The summed E-state index contributed by atoms with van der Waals surface area (Å²) in [6.45, 7) is 6.62. The second kappa shape index (κ2) is 5.80. The quantitative estimate of drug-likeness (QED) is 0.870. The molecule has 1 rings (SSSR count). The van der Waals surface area contributed by atoms with Crippen LogP contribution < -0.4 is 5.32 Å².